The zero-order valence-electron chi connectivity index (χ0n) is 64.0. The van der Waals surface area contributed by atoms with E-state index in [2.05, 4.69) is 27.8 Å². The van der Waals surface area contributed by atoms with Crippen LogP contribution in [0.15, 0.2) is 24.8 Å². The van der Waals surface area contributed by atoms with Crippen molar-refractivity contribution in [1.29, 1.82) is 0 Å². The van der Waals surface area contributed by atoms with Crippen molar-refractivity contribution in [2.75, 3.05) is 76.6 Å². The molecule has 0 aliphatic carbocycles. The number of allylic oxidation sites excluding steroid dienone is 2. The maximum absolute atomic E-state index is 15.6. The molecule has 5 N–H and O–H groups in total. The van der Waals surface area contributed by atoms with Crippen molar-refractivity contribution < 1.29 is 67.5 Å². The van der Waals surface area contributed by atoms with Crippen LogP contribution < -0.4 is 21.3 Å². The van der Waals surface area contributed by atoms with Crippen molar-refractivity contribution in [1.82, 2.24) is 60.5 Å². The standard InChI is InChI=1S/C70H125N13O15/c1-28-31-32-45(14)58(84)57-62(88)73-49(30-3)64(90)78(23)53(37-48(83(96)97)39-75(19)20)66(92)80(25)54(38-70(17,18)98-33-29-2)61(87)74-55(43(10)11)68(94)76(21)50(34-40(4)5)60(86)71-46(15)59(85)72-47(16)63(89)77(22)51(35-41(6)7)65(91)79(24)52(36-42(8)9)67(93)81(26)56(44(12)13)69(95)82(57)27/h28-29,31,40-58,84H,2,30,32-39H2,1,3-27H3,(H,71,86)(H,72,85)(H,73,88)(H,74,87)/t45-,46+,47-,48?,49+,50+,51+,52+,53-,54+,55+,56+,57+,58-/m1/s1. The average Bonchev–Trinajstić information content (AvgIpc) is 0.777. The largest absolute Gasteiger partial charge is 0.390 e. The number of amides is 11. The van der Waals surface area contributed by atoms with E-state index >= 15 is 38.4 Å². The molecule has 1 heterocycles. The zero-order valence-corrected chi connectivity index (χ0v) is 64.0. The number of aliphatic hydroxyl groups excluding tert-OH is 1. The Balaban J connectivity index is 4.74. The van der Waals surface area contributed by atoms with Crippen LogP contribution in [0.1, 0.15) is 163 Å². The maximum Gasteiger partial charge on any atom is 0.246 e. The van der Waals surface area contributed by atoms with E-state index < -0.39 is 178 Å². The number of carbonyl (C=O) groups is 11. The lowest BCUT2D eigenvalue weighted by atomic mass is 9.91. The number of hydrogen-bond acceptors (Lipinski definition) is 16. The molecule has 1 saturated heterocycles. The smallest absolute Gasteiger partial charge is 0.246 e. The third-order valence-electron chi connectivity index (χ3n) is 18.3. The predicted molar refractivity (Wildman–Crippen MR) is 377 cm³/mol. The van der Waals surface area contributed by atoms with Crippen molar-refractivity contribution in [3.63, 3.8) is 0 Å². The Morgan fingerprint density at radius 1 is 0.561 bits per heavy atom. The molecule has 0 aromatic carbocycles. The van der Waals surface area contributed by atoms with Gasteiger partial charge in [0.2, 0.25) is 71.0 Å². The summed E-state index contributed by atoms with van der Waals surface area (Å²) in [5.41, 5.74) is -1.22. The Kier molecular flexibility index (Phi) is 36.5. The Bertz CT molecular complexity index is 2760. The van der Waals surface area contributed by atoms with Gasteiger partial charge in [0.25, 0.3) is 0 Å². The highest BCUT2D eigenvalue weighted by Crippen LogP contribution is 2.28. The number of aliphatic hydroxyl groups is 1. The van der Waals surface area contributed by atoms with Crippen LogP contribution in [0, 0.1) is 45.6 Å². The second kappa shape index (κ2) is 40.2. The number of rotatable bonds is 23. The minimum atomic E-state index is -1.75. The van der Waals surface area contributed by atoms with E-state index in [1.54, 1.807) is 88.6 Å². The molecule has 11 amide bonds. The summed E-state index contributed by atoms with van der Waals surface area (Å²) in [5.74, 6) is -11.4. The Labute approximate surface area is 584 Å². The van der Waals surface area contributed by atoms with E-state index in [4.69, 9.17) is 4.74 Å². The summed E-state index contributed by atoms with van der Waals surface area (Å²) < 4.78 is 6.10. The summed E-state index contributed by atoms with van der Waals surface area (Å²) in [7, 11) is 12.6. The molecule has 0 radical (unpaired) electrons. The third-order valence-corrected chi connectivity index (χ3v) is 18.3. The van der Waals surface area contributed by atoms with Gasteiger partial charge in [0.05, 0.1) is 24.9 Å². The van der Waals surface area contributed by atoms with Crippen molar-refractivity contribution in [2.45, 2.75) is 247 Å². The van der Waals surface area contributed by atoms with Crippen LogP contribution in [0.4, 0.5) is 0 Å². The van der Waals surface area contributed by atoms with Gasteiger partial charge in [0.1, 0.15) is 66.5 Å². The fourth-order valence-electron chi connectivity index (χ4n) is 12.3. The van der Waals surface area contributed by atoms with Gasteiger partial charge in [-0.3, -0.25) is 62.9 Å². The summed E-state index contributed by atoms with van der Waals surface area (Å²) in [5, 5.41) is 36.2. The summed E-state index contributed by atoms with van der Waals surface area (Å²) in [6.45, 7) is 32.5. The molecular formula is C70H125N13O15. The highest BCUT2D eigenvalue weighted by Gasteiger charge is 2.48. The fraction of sp³-hybridized carbons (Fsp3) is 0.786. The lowest BCUT2D eigenvalue weighted by Gasteiger charge is -2.41. The lowest BCUT2D eigenvalue weighted by Crippen LogP contribution is -2.64. The van der Waals surface area contributed by atoms with Gasteiger partial charge in [-0.05, 0) is 116 Å². The van der Waals surface area contributed by atoms with E-state index in [1.807, 2.05) is 41.5 Å². The van der Waals surface area contributed by atoms with Crippen molar-refractivity contribution in [2.24, 2.45) is 35.5 Å². The van der Waals surface area contributed by atoms with Gasteiger partial charge in [-0.25, -0.2) is 0 Å². The van der Waals surface area contributed by atoms with E-state index in [1.165, 1.54) is 93.8 Å². The first kappa shape index (κ1) is 88.9. The van der Waals surface area contributed by atoms with Crippen LogP contribution in [-0.4, -0.2) is 275 Å². The number of ether oxygens (including phenoxy) is 1. The Morgan fingerprint density at radius 3 is 1.44 bits per heavy atom. The molecular weight excluding hydrogens is 1260 g/mol. The molecule has 560 valence electrons. The SMILES string of the molecule is C=CCOC(C)(C)C[C@H]1C(=O)N[C@@H](C(C)C)C(=O)N(C)[C@@H](CC(C)C)C(=O)N[C@@H](C)C(=O)N[C@H](C)C(=O)N(C)[C@@H](CC(C)C)C(=O)N(C)[C@@H](CC(C)C)C(=O)N(C)[C@@H](C(C)C)C(=O)N(C)[C@@H]([C@H](O)[C@H](C)CC=CC)C(=O)N[C@@H](CC)C(=O)N(C)[C@H](CC(CN(C)C)[N+](=O)[O-])C(=O)N1C. The summed E-state index contributed by atoms with van der Waals surface area (Å²) in [6.07, 6.45) is 2.90. The number of nitrogens with zero attached hydrogens (tertiary/aromatic N) is 9. The van der Waals surface area contributed by atoms with Gasteiger partial charge in [0.15, 0.2) is 0 Å². The lowest BCUT2D eigenvalue weighted by molar-refractivity contribution is -0.524. The van der Waals surface area contributed by atoms with E-state index in [9.17, 15) is 29.6 Å². The van der Waals surface area contributed by atoms with Gasteiger partial charge in [-0.1, -0.05) is 101 Å². The molecule has 0 saturated carbocycles. The van der Waals surface area contributed by atoms with E-state index in [0.717, 1.165) is 14.7 Å². The number of likely N-dealkylation sites (N-methyl/N-ethyl adjacent to an activating group) is 8. The van der Waals surface area contributed by atoms with Crippen LogP contribution in [0.5, 0.6) is 0 Å². The topological polar surface area (TPSA) is 334 Å². The first-order valence-electron chi connectivity index (χ1n) is 34.6. The van der Waals surface area contributed by atoms with Crippen molar-refractivity contribution in [3.8, 4) is 0 Å². The monoisotopic (exact) mass is 1390 g/mol. The minimum Gasteiger partial charge on any atom is -0.390 e. The molecule has 28 nitrogen and oxygen atoms in total. The molecule has 1 rings (SSSR count). The molecule has 1 fully saturated rings. The quantitative estimate of drug-likeness (QED) is 0.0555. The number of nitrogens with one attached hydrogen (secondary N) is 4. The fourth-order valence-corrected chi connectivity index (χ4v) is 12.3. The normalized spacial score (nSPS) is 26.1. The first-order valence-corrected chi connectivity index (χ1v) is 34.6. The van der Waals surface area contributed by atoms with Gasteiger partial charge < -0.3 is 70.3 Å². The Morgan fingerprint density at radius 2 is 0.990 bits per heavy atom. The molecule has 1 unspecified atom stereocenters. The van der Waals surface area contributed by atoms with E-state index in [-0.39, 0.29) is 69.4 Å². The second-order valence-corrected chi connectivity index (χ2v) is 29.7. The van der Waals surface area contributed by atoms with E-state index in [0.29, 0.717) is 0 Å². The maximum atomic E-state index is 15.6. The summed E-state index contributed by atoms with van der Waals surface area (Å²) in [4.78, 5) is 187. The highest BCUT2D eigenvalue weighted by atomic mass is 16.6. The molecule has 0 spiro atoms. The number of hydrogen-bond donors (Lipinski definition) is 5. The number of nitro groups is 1. The molecule has 14 atom stereocenters. The van der Waals surface area contributed by atoms with Crippen LogP contribution in [0.3, 0.4) is 0 Å². The van der Waals surface area contributed by atoms with Crippen LogP contribution in [0.2, 0.25) is 0 Å². The molecule has 28 heteroatoms. The van der Waals surface area contributed by atoms with Crippen LogP contribution >= 0.6 is 0 Å². The van der Waals surface area contributed by atoms with Gasteiger partial charge in [-0.15, -0.1) is 6.58 Å². The molecule has 1 aliphatic rings. The molecule has 0 aromatic heterocycles. The minimum absolute atomic E-state index is 0.00723. The zero-order chi connectivity index (χ0) is 76.0. The summed E-state index contributed by atoms with van der Waals surface area (Å²) in [6, 6.07) is -17.0. The highest BCUT2D eigenvalue weighted by molar-refractivity contribution is 6.00. The van der Waals surface area contributed by atoms with Gasteiger partial charge in [0, 0.05) is 67.1 Å². The molecule has 1 aliphatic heterocycles. The van der Waals surface area contributed by atoms with Crippen molar-refractivity contribution in [3.05, 3.63) is 34.9 Å². The first-order chi connectivity index (χ1) is 45.2. The average molecular weight is 1390 g/mol. The van der Waals surface area contributed by atoms with Crippen LogP contribution in [0.25, 0.3) is 0 Å². The summed E-state index contributed by atoms with van der Waals surface area (Å²) >= 11 is 0. The van der Waals surface area contributed by atoms with Crippen LogP contribution in [-0.2, 0) is 57.5 Å². The molecule has 0 aromatic rings. The molecule has 98 heavy (non-hydrogen) atoms. The second-order valence-electron chi connectivity index (χ2n) is 29.7. The van der Waals surface area contributed by atoms with Crippen molar-refractivity contribution >= 4 is 65.0 Å². The number of carbonyl (C=O) groups excluding carboxylic acids is 11. The molecule has 0 bridgehead atoms. The third kappa shape index (κ3) is 25.3. The predicted octanol–water partition coefficient (Wildman–Crippen LogP) is 3.56. The van der Waals surface area contributed by atoms with Gasteiger partial charge in [-0.2, -0.15) is 0 Å². The van der Waals surface area contributed by atoms with Gasteiger partial charge >= 0.3 is 0 Å². The Hall–Kier alpha value is -7.07.